The largest absolute Gasteiger partial charge is 0.497 e. The summed E-state index contributed by atoms with van der Waals surface area (Å²) in [5, 5.41) is 10.8. The summed E-state index contributed by atoms with van der Waals surface area (Å²) < 4.78 is 5.29. The second kappa shape index (κ2) is 8.17. The van der Waals surface area contributed by atoms with E-state index in [1.54, 1.807) is 7.11 Å². The lowest BCUT2D eigenvalue weighted by atomic mass is 10.1. The molecule has 2 heterocycles. The van der Waals surface area contributed by atoms with Gasteiger partial charge in [0.25, 0.3) is 5.56 Å². The molecule has 1 unspecified atom stereocenters. The number of aliphatic hydroxyl groups excluding tert-OH is 1. The maximum absolute atomic E-state index is 12.5. The van der Waals surface area contributed by atoms with Gasteiger partial charge in [0, 0.05) is 54.5 Å². The number of anilines is 2. The summed E-state index contributed by atoms with van der Waals surface area (Å²) in [6, 6.07) is 15.8. The van der Waals surface area contributed by atoms with Crippen LogP contribution in [0, 0.1) is 0 Å². The number of ether oxygens (including phenoxy) is 1. The summed E-state index contributed by atoms with van der Waals surface area (Å²) in [5.74, 6) is 0.766. The third-order valence-electron chi connectivity index (χ3n) is 5.59. The Morgan fingerprint density at radius 1 is 1.21 bits per heavy atom. The summed E-state index contributed by atoms with van der Waals surface area (Å²) in [4.78, 5) is 19.7. The number of benzene rings is 2. The molecule has 0 bridgehead atoms. The van der Waals surface area contributed by atoms with E-state index in [4.69, 9.17) is 4.74 Å². The van der Waals surface area contributed by atoms with E-state index in [1.807, 2.05) is 31.3 Å². The van der Waals surface area contributed by atoms with Gasteiger partial charge in [0.05, 0.1) is 13.2 Å². The Morgan fingerprint density at radius 3 is 2.72 bits per heavy atom. The Kier molecular flexibility index (Phi) is 5.45. The van der Waals surface area contributed by atoms with Crippen molar-refractivity contribution in [2.75, 3.05) is 37.0 Å². The van der Waals surface area contributed by atoms with Crippen molar-refractivity contribution in [1.82, 2.24) is 4.98 Å². The third kappa shape index (κ3) is 4.22. The van der Waals surface area contributed by atoms with Crippen molar-refractivity contribution in [3.63, 3.8) is 0 Å². The van der Waals surface area contributed by atoms with Crippen LogP contribution in [0.1, 0.15) is 18.4 Å². The van der Waals surface area contributed by atoms with E-state index >= 15 is 0 Å². The number of aromatic nitrogens is 1. The molecule has 1 aliphatic heterocycles. The lowest BCUT2D eigenvalue weighted by Gasteiger charge is -2.32. The summed E-state index contributed by atoms with van der Waals surface area (Å²) in [5.41, 5.74) is 3.59. The number of hydrogen-bond acceptors (Lipinski definition) is 5. The van der Waals surface area contributed by atoms with Gasteiger partial charge in [-0.05, 0) is 61.4 Å². The van der Waals surface area contributed by atoms with Crippen LogP contribution in [-0.2, 0) is 6.54 Å². The first-order valence-corrected chi connectivity index (χ1v) is 9.97. The number of methoxy groups -OCH3 is 1. The Balaban J connectivity index is 1.52. The van der Waals surface area contributed by atoms with Gasteiger partial charge in [-0.3, -0.25) is 4.79 Å². The van der Waals surface area contributed by atoms with Gasteiger partial charge in [-0.1, -0.05) is 0 Å². The summed E-state index contributed by atoms with van der Waals surface area (Å²) >= 11 is 0. The van der Waals surface area contributed by atoms with Crippen LogP contribution in [0.3, 0.4) is 0 Å². The van der Waals surface area contributed by atoms with E-state index in [0.717, 1.165) is 47.4 Å². The van der Waals surface area contributed by atoms with Gasteiger partial charge in [-0.15, -0.1) is 0 Å². The third-order valence-corrected chi connectivity index (χ3v) is 5.59. The van der Waals surface area contributed by atoms with Crippen LogP contribution in [0.5, 0.6) is 5.75 Å². The lowest BCUT2D eigenvalue weighted by molar-refractivity contribution is 0.154. The van der Waals surface area contributed by atoms with Crippen LogP contribution in [0.15, 0.2) is 53.3 Å². The van der Waals surface area contributed by atoms with Crippen LogP contribution in [0.2, 0.25) is 0 Å². The number of aromatic amines is 1. The normalized spacial score (nSPS) is 16.8. The van der Waals surface area contributed by atoms with Crippen molar-refractivity contribution in [2.24, 2.45) is 0 Å². The summed E-state index contributed by atoms with van der Waals surface area (Å²) in [6.45, 7) is 2.16. The molecule has 2 N–H and O–H groups in total. The van der Waals surface area contributed by atoms with Crippen molar-refractivity contribution in [1.29, 1.82) is 0 Å². The van der Waals surface area contributed by atoms with E-state index in [2.05, 4.69) is 39.0 Å². The van der Waals surface area contributed by atoms with Gasteiger partial charge in [0.1, 0.15) is 5.75 Å². The maximum Gasteiger partial charge on any atom is 0.253 e. The van der Waals surface area contributed by atoms with Crippen LogP contribution in [0.25, 0.3) is 10.9 Å². The van der Waals surface area contributed by atoms with Crippen molar-refractivity contribution in [2.45, 2.75) is 25.5 Å². The number of rotatable bonds is 5. The summed E-state index contributed by atoms with van der Waals surface area (Å²) in [6.07, 6.45) is 1.64. The van der Waals surface area contributed by atoms with Gasteiger partial charge in [-0.2, -0.15) is 0 Å². The molecule has 3 aromatic rings. The monoisotopic (exact) mass is 393 g/mol. The topological polar surface area (TPSA) is 68.8 Å². The highest BCUT2D eigenvalue weighted by Crippen LogP contribution is 2.24. The van der Waals surface area contributed by atoms with Crippen LogP contribution in [-0.4, -0.2) is 43.4 Å². The number of pyridine rings is 1. The minimum atomic E-state index is -0.246. The average molecular weight is 393 g/mol. The number of nitrogens with one attached hydrogen (secondary N) is 1. The maximum atomic E-state index is 12.5. The molecule has 1 aromatic heterocycles. The number of β-amino-alcohol motifs (C(OH)–C–C–N with tert-alkyl or cyclic N) is 1. The van der Waals surface area contributed by atoms with Crippen molar-refractivity contribution in [3.8, 4) is 5.75 Å². The Morgan fingerprint density at radius 2 is 2.00 bits per heavy atom. The Labute approximate surface area is 170 Å². The van der Waals surface area contributed by atoms with E-state index in [0.29, 0.717) is 18.7 Å². The number of nitrogens with zero attached hydrogens (tertiary/aromatic N) is 2. The molecule has 2 aromatic carbocycles. The van der Waals surface area contributed by atoms with Gasteiger partial charge < -0.3 is 24.6 Å². The average Bonchev–Trinajstić information content (AvgIpc) is 2.74. The predicted octanol–water partition coefficient (Wildman–Crippen LogP) is 3.13. The minimum absolute atomic E-state index is 0.0755. The molecule has 0 amide bonds. The second-order valence-electron chi connectivity index (χ2n) is 7.69. The Bertz CT molecular complexity index is 1050. The smallest absolute Gasteiger partial charge is 0.253 e. The Hall–Kier alpha value is -2.99. The highest BCUT2D eigenvalue weighted by Gasteiger charge is 2.18. The standard InChI is InChI=1S/C23H27N3O3/c1-25(18-5-7-19(8-6-18)26-11-3-4-20(27)15-26)14-17-12-16-13-21(29-2)9-10-22(16)24-23(17)28/h5-10,12-13,20,27H,3-4,11,14-15H2,1-2H3,(H,24,28). The van der Waals surface area contributed by atoms with E-state index in [1.165, 1.54) is 0 Å². The summed E-state index contributed by atoms with van der Waals surface area (Å²) in [7, 11) is 3.62. The molecule has 0 saturated carbocycles. The molecule has 0 radical (unpaired) electrons. The molecule has 1 saturated heterocycles. The zero-order chi connectivity index (χ0) is 20.4. The molecule has 0 spiro atoms. The molecule has 1 aliphatic rings. The van der Waals surface area contributed by atoms with Crippen LogP contribution < -0.4 is 20.1 Å². The van der Waals surface area contributed by atoms with Crippen molar-refractivity contribution >= 4 is 22.3 Å². The van der Waals surface area contributed by atoms with Crippen LogP contribution in [0.4, 0.5) is 11.4 Å². The van der Waals surface area contributed by atoms with Gasteiger partial charge >= 0.3 is 0 Å². The first-order valence-electron chi connectivity index (χ1n) is 9.97. The molecule has 1 atom stereocenters. The molecule has 6 heteroatoms. The SMILES string of the molecule is COc1ccc2[nH]c(=O)c(CN(C)c3ccc(N4CCCC(O)C4)cc3)cc2c1. The van der Waals surface area contributed by atoms with E-state index in [9.17, 15) is 9.90 Å². The highest BCUT2D eigenvalue weighted by molar-refractivity contribution is 5.80. The van der Waals surface area contributed by atoms with Crippen LogP contribution >= 0.6 is 0 Å². The lowest BCUT2D eigenvalue weighted by Crippen LogP contribution is -2.38. The first kappa shape index (κ1) is 19.3. The van der Waals surface area contributed by atoms with Gasteiger partial charge in [-0.25, -0.2) is 0 Å². The van der Waals surface area contributed by atoms with Crippen molar-refractivity contribution < 1.29 is 9.84 Å². The fraction of sp³-hybridized carbons (Fsp3) is 0.348. The minimum Gasteiger partial charge on any atom is -0.497 e. The zero-order valence-electron chi connectivity index (χ0n) is 16.9. The number of fused-ring (bicyclic) bond motifs is 1. The molecule has 6 nitrogen and oxygen atoms in total. The van der Waals surface area contributed by atoms with E-state index in [-0.39, 0.29) is 11.7 Å². The fourth-order valence-corrected chi connectivity index (χ4v) is 3.93. The number of hydrogen-bond donors (Lipinski definition) is 2. The number of piperidine rings is 1. The molecule has 29 heavy (non-hydrogen) atoms. The van der Waals surface area contributed by atoms with Gasteiger partial charge in [0.15, 0.2) is 0 Å². The van der Waals surface area contributed by atoms with E-state index < -0.39 is 0 Å². The molecule has 0 aliphatic carbocycles. The molecular formula is C23H27N3O3. The second-order valence-corrected chi connectivity index (χ2v) is 7.69. The highest BCUT2D eigenvalue weighted by atomic mass is 16.5. The molecular weight excluding hydrogens is 366 g/mol. The quantitative estimate of drug-likeness (QED) is 0.697. The fourth-order valence-electron chi connectivity index (χ4n) is 3.93. The van der Waals surface area contributed by atoms with Gasteiger partial charge in [0.2, 0.25) is 0 Å². The van der Waals surface area contributed by atoms with Crippen molar-refractivity contribution in [3.05, 3.63) is 64.4 Å². The number of H-pyrrole nitrogens is 1. The molecule has 4 rings (SSSR count). The number of aliphatic hydroxyl groups is 1. The zero-order valence-corrected chi connectivity index (χ0v) is 16.9. The predicted molar refractivity (Wildman–Crippen MR) is 117 cm³/mol. The first-order chi connectivity index (χ1) is 14.0. The molecule has 152 valence electrons. The molecule has 1 fully saturated rings.